The molecule has 0 saturated heterocycles. The minimum absolute atomic E-state index is 0.384. The van der Waals surface area contributed by atoms with E-state index in [0.717, 1.165) is 22.0 Å². The number of fused-ring (bicyclic) bond motifs is 1. The molecule has 1 heterocycles. The second-order valence-electron chi connectivity index (χ2n) is 6.34. The summed E-state index contributed by atoms with van der Waals surface area (Å²) in [4.78, 5) is 0. The van der Waals surface area contributed by atoms with E-state index in [1.165, 1.54) is 12.7 Å². The summed E-state index contributed by atoms with van der Waals surface area (Å²) in [6.07, 6.45) is 0. The predicted molar refractivity (Wildman–Crippen MR) is 107 cm³/mol. The van der Waals surface area contributed by atoms with E-state index in [4.69, 9.17) is 14.7 Å². The molecule has 5 nitrogen and oxygen atoms in total. The Balaban J connectivity index is 1.81. The highest BCUT2D eigenvalue weighted by Crippen LogP contribution is 2.36. The van der Waals surface area contributed by atoms with Gasteiger partial charge in [0.15, 0.2) is 11.5 Å². The fraction of sp³-hybridized carbons (Fsp3) is 0.0870. The number of aromatic nitrogens is 2. The number of nitrogens with zero attached hydrogens (tertiary/aromatic N) is 3. The Kier molecular flexibility index (Phi) is 4.61. The fourth-order valence-corrected chi connectivity index (χ4v) is 3.00. The van der Waals surface area contributed by atoms with Gasteiger partial charge in [0, 0.05) is 22.4 Å². The van der Waals surface area contributed by atoms with Gasteiger partial charge in [0.2, 0.25) is 5.88 Å². The average molecular weight is 367 g/mol. The standard InChI is InChI=1S/C23H17N3O2/c1-15-7-10-17(11-8-15)22-18-5-3-4-6-19(18)23(26-25-22)28-20-12-9-16(14-24)13-21(20)27-2/h3-13H,1-2H3. The van der Waals surface area contributed by atoms with Crippen molar-refractivity contribution in [2.24, 2.45) is 0 Å². The first-order valence-electron chi connectivity index (χ1n) is 8.78. The fourth-order valence-electron chi connectivity index (χ4n) is 3.00. The van der Waals surface area contributed by atoms with Crippen LogP contribution in [0.2, 0.25) is 0 Å². The van der Waals surface area contributed by atoms with Crippen molar-refractivity contribution in [1.82, 2.24) is 10.2 Å². The minimum atomic E-state index is 0.384. The number of ether oxygens (including phenoxy) is 2. The van der Waals surface area contributed by atoms with Gasteiger partial charge in [-0.05, 0) is 25.1 Å². The van der Waals surface area contributed by atoms with Crippen LogP contribution < -0.4 is 9.47 Å². The number of benzene rings is 3. The van der Waals surface area contributed by atoms with E-state index in [1.54, 1.807) is 18.2 Å². The van der Waals surface area contributed by atoms with Crippen LogP contribution in [0.15, 0.2) is 66.7 Å². The van der Waals surface area contributed by atoms with Crippen LogP contribution in [-0.4, -0.2) is 17.3 Å². The van der Waals surface area contributed by atoms with Gasteiger partial charge in [0.1, 0.15) is 5.69 Å². The van der Waals surface area contributed by atoms with Gasteiger partial charge in [-0.15, -0.1) is 10.2 Å². The third-order valence-electron chi connectivity index (χ3n) is 4.48. The Hall–Kier alpha value is -3.91. The Morgan fingerprint density at radius 3 is 2.32 bits per heavy atom. The van der Waals surface area contributed by atoms with Crippen LogP contribution in [-0.2, 0) is 0 Å². The smallest absolute Gasteiger partial charge is 0.246 e. The largest absolute Gasteiger partial charge is 0.493 e. The molecule has 4 aromatic rings. The predicted octanol–water partition coefficient (Wildman–Crippen LogP) is 5.28. The molecule has 0 unspecified atom stereocenters. The van der Waals surface area contributed by atoms with E-state index in [1.807, 2.05) is 36.4 Å². The van der Waals surface area contributed by atoms with Crippen molar-refractivity contribution in [1.29, 1.82) is 5.26 Å². The second-order valence-corrected chi connectivity index (χ2v) is 6.34. The maximum atomic E-state index is 9.07. The highest BCUT2D eigenvalue weighted by molar-refractivity contribution is 5.97. The molecule has 0 aliphatic heterocycles. The van der Waals surface area contributed by atoms with Crippen LogP contribution >= 0.6 is 0 Å². The molecule has 0 aliphatic rings. The average Bonchev–Trinajstić information content (AvgIpc) is 2.75. The van der Waals surface area contributed by atoms with Gasteiger partial charge < -0.3 is 9.47 Å². The molecule has 136 valence electrons. The molecular formula is C23H17N3O2. The zero-order chi connectivity index (χ0) is 19.5. The number of aryl methyl sites for hydroxylation is 1. The Bertz CT molecular complexity index is 1190. The molecule has 5 heteroatoms. The monoisotopic (exact) mass is 367 g/mol. The quantitative estimate of drug-likeness (QED) is 0.491. The maximum absolute atomic E-state index is 9.07. The summed E-state index contributed by atoms with van der Waals surface area (Å²) >= 11 is 0. The van der Waals surface area contributed by atoms with Crippen LogP contribution in [0.25, 0.3) is 22.0 Å². The summed E-state index contributed by atoms with van der Waals surface area (Å²) in [5, 5.41) is 19.6. The number of methoxy groups -OCH3 is 1. The summed E-state index contributed by atoms with van der Waals surface area (Å²) in [5.41, 5.74) is 3.48. The van der Waals surface area contributed by atoms with Gasteiger partial charge >= 0.3 is 0 Å². The molecule has 0 amide bonds. The molecule has 1 aromatic heterocycles. The van der Waals surface area contributed by atoms with Crippen molar-refractivity contribution in [3.8, 4) is 34.7 Å². The highest BCUT2D eigenvalue weighted by Gasteiger charge is 2.14. The molecule has 0 bridgehead atoms. The van der Waals surface area contributed by atoms with Gasteiger partial charge in [-0.3, -0.25) is 0 Å². The topological polar surface area (TPSA) is 68.0 Å². The molecule has 0 aliphatic carbocycles. The first-order chi connectivity index (χ1) is 13.7. The zero-order valence-electron chi connectivity index (χ0n) is 15.5. The van der Waals surface area contributed by atoms with E-state index in [-0.39, 0.29) is 0 Å². The van der Waals surface area contributed by atoms with Gasteiger partial charge in [0.25, 0.3) is 0 Å². The van der Waals surface area contributed by atoms with E-state index >= 15 is 0 Å². The lowest BCUT2D eigenvalue weighted by Crippen LogP contribution is -1.97. The molecule has 4 rings (SSSR count). The first kappa shape index (κ1) is 17.5. The van der Waals surface area contributed by atoms with Crippen molar-refractivity contribution in [3.63, 3.8) is 0 Å². The van der Waals surface area contributed by atoms with Gasteiger partial charge in [-0.25, -0.2) is 0 Å². The zero-order valence-corrected chi connectivity index (χ0v) is 15.5. The summed E-state index contributed by atoms with van der Waals surface area (Å²) < 4.78 is 11.4. The van der Waals surface area contributed by atoms with Crippen LogP contribution in [0.5, 0.6) is 17.4 Å². The van der Waals surface area contributed by atoms with Gasteiger partial charge in [-0.2, -0.15) is 5.26 Å². The molecule has 0 radical (unpaired) electrons. The molecule has 0 spiro atoms. The summed E-state index contributed by atoms with van der Waals surface area (Å²) in [5.74, 6) is 1.33. The van der Waals surface area contributed by atoms with Crippen molar-refractivity contribution in [2.45, 2.75) is 6.92 Å². The molecule has 0 fully saturated rings. The van der Waals surface area contributed by atoms with Crippen LogP contribution in [0.3, 0.4) is 0 Å². The molecule has 0 atom stereocenters. The van der Waals surface area contributed by atoms with Gasteiger partial charge in [0.05, 0.1) is 18.7 Å². The number of rotatable bonds is 4. The van der Waals surface area contributed by atoms with Crippen molar-refractivity contribution in [3.05, 3.63) is 77.9 Å². The van der Waals surface area contributed by atoms with Crippen LogP contribution in [0.1, 0.15) is 11.1 Å². The van der Waals surface area contributed by atoms with Crippen molar-refractivity contribution >= 4 is 10.8 Å². The number of hydrogen-bond donors (Lipinski definition) is 0. The third-order valence-corrected chi connectivity index (χ3v) is 4.48. The van der Waals surface area contributed by atoms with Crippen molar-refractivity contribution in [2.75, 3.05) is 7.11 Å². The Morgan fingerprint density at radius 2 is 1.61 bits per heavy atom. The summed E-state index contributed by atoms with van der Waals surface area (Å²) in [6, 6.07) is 23.1. The SMILES string of the molecule is COc1cc(C#N)ccc1Oc1nnc(-c2ccc(C)cc2)c2ccccc12. The third kappa shape index (κ3) is 3.24. The molecule has 0 N–H and O–H groups in total. The number of nitriles is 1. The molecule has 3 aromatic carbocycles. The lowest BCUT2D eigenvalue weighted by Gasteiger charge is -2.12. The van der Waals surface area contributed by atoms with Crippen LogP contribution in [0, 0.1) is 18.3 Å². The van der Waals surface area contributed by atoms with Crippen molar-refractivity contribution < 1.29 is 9.47 Å². The minimum Gasteiger partial charge on any atom is -0.493 e. The number of hydrogen-bond acceptors (Lipinski definition) is 5. The van der Waals surface area contributed by atoms with E-state index in [2.05, 4.69) is 35.3 Å². The summed E-state index contributed by atoms with van der Waals surface area (Å²) in [6.45, 7) is 2.05. The first-order valence-corrected chi connectivity index (χ1v) is 8.78. The Morgan fingerprint density at radius 1 is 0.857 bits per heavy atom. The molecule has 0 saturated carbocycles. The second kappa shape index (κ2) is 7.37. The highest BCUT2D eigenvalue weighted by atomic mass is 16.5. The maximum Gasteiger partial charge on any atom is 0.246 e. The Labute approximate surface area is 162 Å². The summed E-state index contributed by atoms with van der Waals surface area (Å²) in [7, 11) is 1.54. The molecular weight excluding hydrogens is 350 g/mol. The van der Waals surface area contributed by atoms with Gasteiger partial charge in [-0.1, -0.05) is 48.0 Å². The van der Waals surface area contributed by atoms with E-state index < -0.39 is 0 Å². The van der Waals surface area contributed by atoms with Crippen LogP contribution in [0.4, 0.5) is 0 Å². The molecule has 28 heavy (non-hydrogen) atoms. The lowest BCUT2D eigenvalue weighted by atomic mass is 10.0. The lowest BCUT2D eigenvalue weighted by molar-refractivity contribution is 0.374. The van der Waals surface area contributed by atoms with E-state index in [0.29, 0.717) is 22.9 Å². The normalized spacial score (nSPS) is 10.5. The van der Waals surface area contributed by atoms with E-state index in [9.17, 15) is 0 Å².